The maximum Gasteiger partial charge on any atom is 0.223 e. The minimum atomic E-state index is -3.05. The highest BCUT2D eigenvalue weighted by Crippen LogP contribution is 2.36. The van der Waals surface area contributed by atoms with E-state index in [1.165, 1.54) is 6.26 Å². The van der Waals surface area contributed by atoms with Gasteiger partial charge in [0.2, 0.25) is 5.88 Å². The summed E-state index contributed by atoms with van der Waals surface area (Å²) in [6.45, 7) is 7.76. The molecule has 7 nitrogen and oxygen atoms in total. The van der Waals surface area contributed by atoms with Crippen LogP contribution in [0.1, 0.15) is 58.6 Å². The Morgan fingerprint density at radius 2 is 1.97 bits per heavy atom. The fourth-order valence-corrected chi connectivity index (χ4v) is 5.46. The van der Waals surface area contributed by atoms with Crippen LogP contribution in [0.25, 0.3) is 10.8 Å². The first-order chi connectivity index (χ1) is 13.9. The van der Waals surface area contributed by atoms with Gasteiger partial charge < -0.3 is 9.29 Å². The van der Waals surface area contributed by atoms with Crippen molar-refractivity contribution in [2.75, 3.05) is 6.26 Å². The summed E-state index contributed by atoms with van der Waals surface area (Å²) in [4.78, 5) is 8.66. The van der Waals surface area contributed by atoms with Crippen LogP contribution in [0.2, 0.25) is 5.15 Å². The minimum absolute atomic E-state index is 0.189. The molecule has 2 atom stereocenters. The lowest BCUT2D eigenvalue weighted by Crippen LogP contribution is -2.42. The van der Waals surface area contributed by atoms with E-state index in [2.05, 4.69) is 14.7 Å². The average Bonchev–Trinajstić information content (AvgIpc) is 2.60. The largest absolute Gasteiger partial charge is 0.598 e. The SMILES string of the molecule is CC[C@H](N[S+]([O-])C(C)(C)C)c1cnc(O[C@H]2C[C@@H](S(C)(=O)=O)C2)c2cnc(Cl)cc12. The Morgan fingerprint density at radius 1 is 1.30 bits per heavy atom. The number of nitrogens with zero attached hydrogens (tertiary/aromatic N) is 2. The Morgan fingerprint density at radius 3 is 2.53 bits per heavy atom. The molecule has 0 saturated heterocycles. The Kier molecular flexibility index (Phi) is 6.89. The van der Waals surface area contributed by atoms with Gasteiger partial charge >= 0.3 is 0 Å². The van der Waals surface area contributed by atoms with Gasteiger partial charge in [-0.1, -0.05) is 18.5 Å². The molecule has 0 spiro atoms. The number of rotatable bonds is 7. The fraction of sp³-hybridized carbons (Fsp3) is 0.600. The van der Waals surface area contributed by atoms with Crippen LogP contribution in [0.15, 0.2) is 18.5 Å². The van der Waals surface area contributed by atoms with E-state index in [1.54, 1.807) is 18.5 Å². The Bertz CT molecular complexity index is 1020. The zero-order valence-corrected chi connectivity index (χ0v) is 20.2. The lowest BCUT2D eigenvalue weighted by Gasteiger charge is -2.34. The number of fused-ring (bicyclic) bond motifs is 1. The molecule has 10 heteroatoms. The van der Waals surface area contributed by atoms with Gasteiger partial charge in [0.15, 0.2) is 9.84 Å². The molecule has 1 aliphatic carbocycles. The highest BCUT2D eigenvalue weighted by Gasteiger charge is 2.38. The summed E-state index contributed by atoms with van der Waals surface area (Å²) in [5.41, 5.74) is 0.865. The maximum atomic E-state index is 12.6. The summed E-state index contributed by atoms with van der Waals surface area (Å²) in [5.74, 6) is 0.404. The van der Waals surface area contributed by atoms with Crippen LogP contribution in [-0.4, -0.2) is 45.3 Å². The van der Waals surface area contributed by atoms with Crippen LogP contribution >= 0.6 is 11.6 Å². The van der Waals surface area contributed by atoms with Gasteiger partial charge in [-0.2, -0.15) is 0 Å². The summed E-state index contributed by atoms with van der Waals surface area (Å²) in [5, 5.41) is 1.50. The van der Waals surface area contributed by atoms with Crippen LogP contribution < -0.4 is 9.46 Å². The third-order valence-electron chi connectivity index (χ3n) is 5.26. The Hall–Kier alpha value is -1.13. The first kappa shape index (κ1) is 23.5. The van der Waals surface area contributed by atoms with Crippen molar-refractivity contribution in [3.63, 3.8) is 0 Å². The molecule has 0 aromatic carbocycles. The van der Waals surface area contributed by atoms with Gasteiger partial charge in [-0.05, 0) is 38.6 Å². The second kappa shape index (κ2) is 8.78. The van der Waals surface area contributed by atoms with E-state index >= 15 is 0 Å². The lowest BCUT2D eigenvalue weighted by molar-refractivity contribution is 0.119. The van der Waals surface area contributed by atoms with Gasteiger partial charge in [0.05, 0.1) is 16.7 Å². The maximum absolute atomic E-state index is 12.6. The minimum Gasteiger partial charge on any atom is -0.598 e. The molecule has 2 heterocycles. The molecule has 0 bridgehead atoms. The van der Waals surface area contributed by atoms with Crippen molar-refractivity contribution in [1.29, 1.82) is 0 Å². The number of halogens is 1. The molecule has 0 radical (unpaired) electrons. The van der Waals surface area contributed by atoms with Crippen molar-refractivity contribution in [3.05, 3.63) is 29.2 Å². The van der Waals surface area contributed by atoms with E-state index in [9.17, 15) is 13.0 Å². The summed E-state index contributed by atoms with van der Waals surface area (Å²) in [6, 6.07) is 1.57. The highest BCUT2D eigenvalue weighted by molar-refractivity contribution is 7.91. The van der Waals surface area contributed by atoms with Crippen LogP contribution in [0.5, 0.6) is 5.88 Å². The first-order valence-corrected chi connectivity index (χ1v) is 13.4. The zero-order chi connectivity index (χ0) is 22.3. The molecule has 2 aromatic rings. The molecule has 2 aromatic heterocycles. The third-order valence-corrected chi connectivity index (χ3v) is 8.67. The number of hydrogen-bond acceptors (Lipinski definition) is 7. The number of sulfone groups is 1. The second-order valence-corrected chi connectivity index (χ2v) is 13.4. The summed E-state index contributed by atoms with van der Waals surface area (Å²) >= 11 is 4.91. The van der Waals surface area contributed by atoms with E-state index in [-0.39, 0.29) is 17.4 Å². The molecule has 1 fully saturated rings. The van der Waals surface area contributed by atoms with Gasteiger partial charge in [0.25, 0.3) is 0 Å². The second-order valence-electron chi connectivity index (χ2n) is 8.69. The molecule has 0 aliphatic heterocycles. The normalized spacial score (nSPS) is 21.8. The van der Waals surface area contributed by atoms with Crippen LogP contribution in [0.4, 0.5) is 0 Å². The molecule has 166 valence electrons. The quantitative estimate of drug-likeness (QED) is 0.482. The molecular weight excluding hydrogens is 446 g/mol. The predicted molar refractivity (Wildman–Crippen MR) is 121 cm³/mol. The number of nitrogens with one attached hydrogen (secondary N) is 1. The molecule has 1 unspecified atom stereocenters. The standard InChI is InChI=1S/C20H28ClN3O4S2/c1-6-17(24-29(25)20(2,3)4)15-10-23-19(16-11-22-18(21)9-14(15)16)28-12-7-13(8-12)30(5,26)27/h9-13,17,24H,6-8H2,1-5H3/t12-,13+,17-,29?/m0/s1. The topological polar surface area (TPSA) is 104 Å². The molecule has 1 saturated carbocycles. The third kappa shape index (κ3) is 5.19. The van der Waals surface area contributed by atoms with Crippen molar-refractivity contribution in [1.82, 2.24) is 14.7 Å². The Balaban J connectivity index is 1.90. The number of ether oxygens (including phenoxy) is 1. The average molecular weight is 474 g/mol. The summed E-state index contributed by atoms with van der Waals surface area (Å²) < 4.78 is 44.7. The first-order valence-electron chi connectivity index (χ1n) is 9.88. The Labute approximate surface area is 186 Å². The molecule has 1 N–H and O–H groups in total. The number of aromatic nitrogens is 2. The van der Waals surface area contributed by atoms with E-state index in [4.69, 9.17) is 16.3 Å². The van der Waals surface area contributed by atoms with Crippen LogP contribution in [0, 0.1) is 0 Å². The number of pyridine rings is 2. The molecule has 3 rings (SSSR count). The van der Waals surface area contributed by atoms with Crippen LogP contribution in [-0.2, 0) is 21.2 Å². The summed E-state index contributed by atoms with van der Waals surface area (Å²) in [7, 11) is -3.05. The molecule has 1 aliphatic rings. The molecule has 30 heavy (non-hydrogen) atoms. The van der Waals surface area contributed by atoms with Crippen molar-refractivity contribution < 1.29 is 17.7 Å². The van der Waals surface area contributed by atoms with Crippen molar-refractivity contribution in [2.24, 2.45) is 0 Å². The van der Waals surface area contributed by atoms with Gasteiger partial charge in [-0.3, -0.25) is 0 Å². The summed E-state index contributed by atoms with van der Waals surface area (Å²) in [6.07, 6.45) is 5.99. The molecular formula is C20H28ClN3O4S2. The van der Waals surface area contributed by atoms with E-state index in [1.807, 2.05) is 27.7 Å². The van der Waals surface area contributed by atoms with Gasteiger partial charge in [0, 0.05) is 48.4 Å². The number of hydrogen-bond donors (Lipinski definition) is 1. The predicted octanol–water partition coefficient (Wildman–Crippen LogP) is 3.74. The van der Waals surface area contributed by atoms with Gasteiger partial charge in [-0.15, -0.1) is 4.72 Å². The van der Waals surface area contributed by atoms with Crippen molar-refractivity contribution in [3.8, 4) is 5.88 Å². The van der Waals surface area contributed by atoms with E-state index < -0.39 is 25.9 Å². The molecule has 0 amide bonds. The van der Waals surface area contributed by atoms with Crippen molar-refractivity contribution >= 4 is 43.6 Å². The van der Waals surface area contributed by atoms with Gasteiger partial charge in [-0.25, -0.2) is 18.4 Å². The lowest BCUT2D eigenvalue weighted by atomic mass is 9.95. The van der Waals surface area contributed by atoms with Crippen LogP contribution in [0.3, 0.4) is 0 Å². The van der Waals surface area contributed by atoms with E-state index in [0.717, 1.165) is 10.9 Å². The zero-order valence-electron chi connectivity index (χ0n) is 17.8. The smallest absolute Gasteiger partial charge is 0.223 e. The monoisotopic (exact) mass is 473 g/mol. The van der Waals surface area contributed by atoms with E-state index in [0.29, 0.717) is 35.7 Å². The fourth-order valence-electron chi connectivity index (χ4n) is 3.27. The van der Waals surface area contributed by atoms with Gasteiger partial charge in [0.1, 0.15) is 16.0 Å². The van der Waals surface area contributed by atoms with Crippen molar-refractivity contribution in [2.45, 2.75) is 69.1 Å². The highest BCUT2D eigenvalue weighted by atomic mass is 35.5.